The van der Waals surface area contributed by atoms with Gasteiger partial charge >= 0.3 is 0 Å². The molecule has 3 aliphatic carbocycles. The number of hydrogen-bond donors (Lipinski definition) is 0. The number of fused-ring (bicyclic) bond motifs is 16. The lowest BCUT2D eigenvalue weighted by atomic mass is 9.51. The number of benzene rings is 7. The normalized spacial score (nSPS) is 15.6. The van der Waals surface area contributed by atoms with Crippen LogP contribution in [0.1, 0.15) is 45.9 Å². The van der Waals surface area contributed by atoms with Crippen LogP contribution in [0.4, 0.5) is 0 Å². The van der Waals surface area contributed by atoms with Gasteiger partial charge in [0.05, 0.1) is 10.8 Å². The molecule has 11 rings (SSSR count). The van der Waals surface area contributed by atoms with Crippen molar-refractivity contribution in [1.82, 2.24) is 0 Å². The van der Waals surface area contributed by atoms with Gasteiger partial charge in [-0.2, -0.15) is 0 Å². The van der Waals surface area contributed by atoms with Crippen LogP contribution in [0.3, 0.4) is 0 Å². The van der Waals surface area contributed by atoms with E-state index in [1.165, 1.54) is 66.8 Å². The molecule has 0 aliphatic heterocycles. The Morgan fingerprint density at radius 2 is 0.923 bits per heavy atom. The molecule has 7 aromatic carbocycles. The van der Waals surface area contributed by atoms with Gasteiger partial charge in [0.2, 0.25) is 0 Å². The van der Waals surface area contributed by atoms with Gasteiger partial charge in [0.25, 0.3) is 0 Å². The Balaban J connectivity index is 1.35. The number of para-hydroxylation sites is 1. The van der Waals surface area contributed by atoms with Crippen LogP contribution in [0.5, 0.6) is 0 Å². The average Bonchev–Trinajstić information content (AvgIpc) is 3.82. The summed E-state index contributed by atoms with van der Waals surface area (Å²) in [4.78, 5) is 0. The van der Waals surface area contributed by atoms with Gasteiger partial charge in [-0.05, 0) is 103 Å². The van der Waals surface area contributed by atoms with Gasteiger partial charge in [-0.1, -0.05) is 164 Å². The first-order valence-electron chi connectivity index (χ1n) is 18.2. The summed E-state index contributed by atoms with van der Waals surface area (Å²) in [6.07, 6.45) is 4.62. The predicted octanol–water partition coefficient (Wildman–Crippen LogP) is 12.8. The summed E-state index contributed by atoms with van der Waals surface area (Å²) in [5, 5.41) is 2.24. The highest BCUT2D eigenvalue weighted by atomic mass is 16.3. The molecule has 1 heterocycles. The topological polar surface area (TPSA) is 13.1 Å². The van der Waals surface area contributed by atoms with Gasteiger partial charge < -0.3 is 4.42 Å². The zero-order valence-corrected chi connectivity index (χ0v) is 28.9. The lowest BCUT2D eigenvalue weighted by Gasteiger charge is -2.50. The molecule has 0 atom stereocenters. The highest BCUT2D eigenvalue weighted by molar-refractivity contribution is 6.07. The van der Waals surface area contributed by atoms with Crippen molar-refractivity contribution < 1.29 is 4.42 Å². The average molecular weight is 663 g/mol. The maximum atomic E-state index is 6.51. The first kappa shape index (κ1) is 29.3. The molecule has 0 bridgehead atoms. The number of rotatable bonds is 3. The second-order valence-electron chi connectivity index (χ2n) is 14.3. The van der Waals surface area contributed by atoms with Crippen molar-refractivity contribution in [3.63, 3.8) is 0 Å². The summed E-state index contributed by atoms with van der Waals surface area (Å²) in [5.41, 5.74) is 18.0. The Kier molecular flexibility index (Phi) is 5.94. The molecular formula is C51H34O. The first-order chi connectivity index (χ1) is 25.7. The van der Waals surface area contributed by atoms with Crippen LogP contribution in [0.2, 0.25) is 0 Å². The summed E-state index contributed by atoms with van der Waals surface area (Å²) >= 11 is 0. The Morgan fingerprint density at radius 3 is 1.48 bits per heavy atom. The lowest BCUT2D eigenvalue weighted by Crippen LogP contribution is -2.44. The van der Waals surface area contributed by atoms with Crippen LogP contribution in [0.25, 0.3) is 49.8 Å². The van der Waals surface area contributed by atoms with Gasteiger partial charge in [0.1, 0.15) is 11.2 Å². The van der Waals surface area contributed by atoms with Gasteiger partial charge in [0, 0.05) is 10.8 Å². The highest BCUT2D eigenvalue weighted by Crippen LogP contribution is 2.69. The van der Waals surface area contributed by atoms with Crippen molar-refractivity contribution in [2.45, 2.75) is 17.8 Å². The number of allylic oxidation sites excluding steroid dienone is 5. The van der Waals surface area contributed by atoms with Crippen LogP contribution in [-0.2, 0) is 10.8 Å². The molecular weight excluding hydrogens is 629 g/mol. The van der Waals surface area contributed by atoms with Crippen LogP contribution >= 0.6 is 0 Å². The fourth-order valence-corrected chi connectivity index (χ4v) is 10.2. The van der Waals surface area contributed by atoms with E-state index in [9.17, 15) is 0 Å². The third kappa shape index (κ3) is 3.43. The summed E-state index contributed by atoms with van der Waals surface area (Å²) in [6, 6.07) is 60.3. The Bertz CT molecular complexity index is 2800. The summed E-state index contributed by atoms with van der Waals surface area (Å²) < 4.78 is 6.51. The van der Waals surface area contributed by atoms with E-state index in [0.29, 0.717) is 0 Å². The van der Waals surface area contributed by atoms with Crippen molar-refractivity contribution in [2.24, 2.45) is 0 Å². The van der Waals surface area contributed by atoms with Crippen molar-refractivity contribution in [1.29, 1.82) is 0 Å². The van der Waals surface area contributed by atoms with Crippen LogP contribution < -0.4 is 0 Å². The minimum Gasteiger partial charge on any atom is -0.456 e. The molecule has 0 saturated carbocycles. The van der Waals surface area contributed by atoms with Crippen molar-refractivity contribution >= 4 is 27.5 Å². The molecule has 0 fully saturated rings. The van der Waals surface area contributed by atoms with Crippen molar-refractivity contribution in [3.05, 3.63) is 233 Å². The number of furan rings is 1. The Morgan fingerprint density at radius 1 is 0.481 bits per heavy atom. The first-order valence-corrected chi connectivity index (χ1v) is 18.2. The summed E-state index contributed by atoms with van der Waals surface area (Å²) in [6.45, 7) is 7.26. The van der Waals surface area contributed by atoms with Gasteiger partial charge in [-0.3, -0.25) is 0 Å². The summed E-state index contributed by atoms with van der Waals surface area (Å²) in [5.74, 6) is 0. The van der Waals surface area contributed by atoms with Gasteiger partial charge in [-0.15, -0.1) is 0 Å². The van der Waals surface area contributed by atoms with E-state index >= 15 is 0 Å². The molecule has 0 radical (unpaired) electrons. The molecule has 2 spiro atoms. The molecule has 0 amide bonds. The second kappa shape index (κ2) is 10.5. The zero-order chi connectivity index (χ0) is 34.6. The molecule has 1 heteroatoms. The van der Waals surface area contributed by atoms with Crippen LogP contribution in [0, 0.1) is 0 Å². The largest absolute Gasteiger partial charge is 0.456 e. The highest BCUT2D eigenvalue weighted by Gasteiger charge is 2.59. The van der Waals surface area contributed by atoms with E-state index in [1.54, 1.807) is 0 Å². The third-order valence-electron chi connectivity index (χ3n) is 12.1. The molecule has 0 N–H and O–H groups in total. The van der Waals surface area contributed by atoms with E-state index in [2.05, 4.69) is 177 Å². The van der Waals surface area contributed by atoms with E-state index in [-0.39, 0.29) is 0 Å². The molecule has 244 valence electrons. The fraction of sp³-hybridized carbons (Fsp3) is 0.0588. The second-order valence-corrected chi connectivity index (χ2v) is 14.3. The fourth-order valence-electron chi connectivity index (χ4n) is 10.2. The lowest BCUT2D eigenvalue weighted by molar-refractivity contribution is 0.639. The zero-order valence-electron chi connectivity index (χ0n) is 28.9. The SMILES string of the molecule is C=C(C1=C(/C=C\C)C2(c3ccccc3-c3ccccc32)c2ccccc2C12c1ccccc1-c1ccccc12)c1ccc2c(c1)oc1ccccc12. The predicted molar refractivity (Wildman–Crippen MR) is 215 cm³/mol. The van der Waals surface area contributed by atoms with E-state index in [1.807, 2.05) is 6.07 Å². The van der Waals surface area contributed by atoms with E-state index in [0.717, 1.165) is 33.1 Å². The monoisotopic (exact) mass is 662 g/mol. The molecule has 3 aliphatic rings. The Labute approximate surface area is 303 Å². The van der Waals surface area contributed by atoms with Gasteiger partial charge in [-0.25, -0.2) is 0 Å². The maximum absolute atomic E-state index is 6.51. The molecule has 1 aromatic heterocycles. The quantitative estimate of drug-likeness (QED) is 0.183. The molecule has 8 aromatic rings. The van der Waals surface area contributed by atoms with Gasteiger partial charge in [0.15, 0.2) is 0 Å². The standard InChI is InChI=1S/C51H34O/c1-3-16-46-49(32(2)33-29-30-39-38-21-8-15-28-47(38)52-48(39)31-33)51(42-24-11-6-19-36(42)37-20-7-12-25-43(37)51)45-27-14-13-26-44(45)50(46)40-22-9-4-17-34(40)35-18-5-10-23-41(35)50/h3-31H,2H2,1H3/b16-3-. The van der Waals surface area contributed by atoms with E-state index in [4.69, 9.17) is 11.0 Å². The van der Waals surface area contributed by atoms with Crippen LogP contribution in [-0.4, -0.2) is 0 Å². The minimum absolute atomic E-state index is 0.574. The minimum atomic E-state index is -0.629. The third-order valence-corrected chi connectivity index (χ3v) is 12.1. The Hall–Kier alpha value is -6.44. The maximum Gasteiger partial charge on any atom is 0.136 e. The molecule has 0 unspecified atom stereocenters. The van der Waals surface area contributed by atoms with Crippen LogP contribution in [0.15, 0.2) is 198 Å². The molecule has 0 saturated heterocycles. The smallest absolute Gasteiger partial charge is 0.136 e. The number of hydrogen-bond acceptors (Lipinski definition) is 1. The van der Waals surface area contributed by atoms with E-state index < -0.39 is 10.8 Å². The van der Waals surface area contributed by atoms with Crippen molar-refractivity contribution in [3.8, 4) is 22.3 Å². The molecule has 52 heavy (non-hydrogen) atoms. The van der Waals surface area contributed by atoms with Crippen molar-refractivity contribution in [2.75, 3.05) is 0 Å². The summed E-state index contributed by atoms with van der Waals surface area (Å²) in [7, 11) is 0. The molecule has 1 nitrogen and oxygen atoms in total.